The van der Waals surface area contributed by atoms with E-state index >= 15 is 0 Å². The fourth-order valence-corrected chi connectivity index (χ4v) is 10.0. The monoisotopic (exact) mass is 849 g/mol. The molecule has 2 aromatic rings. The van der Waals surface area contributed by atoms with Crippen LogP contribution in [0.25, 0.3) is 16.9 Å². The van der Waals surface area contributed by atoms with E-state index in [0.717, 1.165) is 36.2 Å². The predicted octanol–water partition coefficient (Wildman–Crippen LogP) is 20.4. The Balaban J connectivity index is 1.39. The molecule has 1 aliphatic rings. The highest BCUT2D eigenvalue weighted by molar-refractivity contribution is 5.79. The van der Waals surface area contributed by atoms with Gasteiger partial charge in [0, 0.05) is 22.8 Å². The van der Waals surface area contributed by atoms with Gasteiger partial charge in [0.1, 0.15) is 0 Å². The minimum absolute atomic E-state index is 0.937. The average Bonchev–Trinajstić information content (AvgIpc) is 3.60. The molecule has 0 spiro atoms. The predicted molar refractivity (Wildman–Crippen MR) is 276 cm³/mol. The van der Waals surface area contributed by atoms with Crippen LogP contribution in [0.2, 0.25) is 0 Å². The van der Waals surface area contributed by atoms with Crippen molar-refractivity contribution < 1.29 is 4.70 Å². The molecule has 0 atom stereocenters. The number of benzene rings is 2. The molecule has 0 aliphatic carbocycles. The van der Waals surface area contributed by atoms with E-state index in [9.17, 15) is 5.53 Å². The summed E-state index contributed by atoms with van der Waals surface area (Å²) < 4.78 is 1.56. The number of aryl methyl sites for hydroxylation is 4. The van der Waals surface area contributed by atoms with Gasteiger partial charge in [0.15, 0.2) is 0 Å². The highest BCUT2D eigenvalue weighted by Crippen LogP contribution is 2.40. The Bertz CT molecular complexity index is 1520. The normalized spacial score (nSPS) is 13.0. The fourth-order valence-electron chi connectivity index (χ4n) is 10.0. The van der Waals surface area contributed by atoms with Crippen LogP contribution >= 0.6 is 0 Å². The van der Waals surface area contributed by atoms with Crippen molar-refractivity contribution in [2.24, 2.45) is 0 Å². The van der Waals surface area contributed by atoms with E-state index in [2.05, 4.69) is 78.8 Å². The molecule has 0 N–H and O–H groups in total. The van der Waals surface area contributed by atoms with Crippen LogP contribution in [0.15, 0.2) is 35.9 Å². The molecule has 0 unspecified atom stereocenters. The van der Waals surface area contributed by atoms with Gasteiger partial charge in [-0.2, -0.15) is 0 Å². The lowest BCUT2D eigenvalue weighted by atomic mass is 9.87. The Morgan fingerprint density at radius 1 is 0.371 bits per heavy atom. The average molecular weight is 849 g/mol. The van der Waals surface area contributed by atoms with Gasteiger partial charge in [-0.1, -0.05) is 214 Å². The zero-order chi connectivity index (χ0) is 44.6. The highest BCUT2D eigenvalue weighted by atomic mass is 15.2. The molecule has 0 amide bonds. The molecule has 0 radical (unpaired) electrons. The zero-order valence-electron chi connectivity index (χ0n) is 42.4. The van der Waals surface area contributed by atoms with Gasteiger partial charge in [-0.15, -0.1) is 0 Å². The molecule has 0 aromatic heterocycles. The Hall–Kier alpha value is -2.48. The van der Waals surface area contributed by atoms with E-state index in [1.807, 2.05) is 0 Å². The molecule has 2 aromatic carbocycles. The first-order valence-electron chi connectivity index (χ1n) is 27.5. The molecule has 2 heteroatoms. The van der Waals surface area contributed by atoms with Crippen LogP contribution in [0, 0.1) is 20.8 Å². The van der Waals surface area contributed by atoms with Crippen LogP contribution in [0.3, 0.4) is 0 Å². The second-order valence-electron chi connectivity index (χ2n) is 20.0. The summed E-state index contributed by atoms with van der Waals surface area (Å²) in [6, 6.07) is 9.48. The fraction of sp³-hybridized carbons (Fsp3) is 0.733. The van der Waals surface area contributed by atoms with Gasteiger partial charge in [-0.05, 0) is 130 Å². The van der Waals surface area contributed by atoms with Crippen LogP contribution in [-0.2, 0) is 19.3 Å². The number of rotatable bonds is 39. The van der Waals surface area contributed by atoms with Crippen molar-refractivity contribution in [3.63, 3.8) is 0 Å². The van der Waals surface area contributed by atoms with E-state index in [1.165, 1.54) is 257 Å². The number of hydrogen-bond acceptors (Lipinski definition) is 0. The molecular formula is C60H100N2. The van der Waals surface area contributed by atoms with E-state index in [0.29, 0.717) is 0 Å². The SMILES string of the molecule is CCCCCCCCCCCCCCCCCCCCCCCCCCCCCC1=C(c2cc(CCCC)c(CCCC)c(CCCC)c2)[N+](=[N-])C(c2cc(C)c(C)c(C)c2)=C1. The maximum absolute atomic E-state index is 12.1. The van der Waals surface area contributed by atoms with Gasteiger partial charge in [0.2, 0.25) is 11.4 Å². The molecule has 0 bridgehead atoms. The molecule has 2 nitrogen and oxygen atoms in total. The summed E-state index contributed by atoms with van der Waals surface area (Å²) in [6.07, 6.45) is 52.6. The van der Waals surface area contributed by atoms with Gasteiger partial charge in [-0.3, -0.25) is 0 Å². The summed E-state index contributed by atoms with van der Waals surface area (Å²) in [4.78, 5) is 0. The van der Waals surface area contributed by atoms with Crippen LogP contribution in [-0.4, -0.2) is 4.70 Å². The lowest BCUT2D eigenvalue weighted by molar-refractivity contribution is -0.344. The molecule has 0 saturated heterocycles. The Labute approximate surface area is 386 Å². The summed E-state index contributed by atoms with van der Waals surface area (Å²) in [5.74, 6) is 0. The van der Waals surface area contributed by atoms with Crippen molar-refractivity contribution in [1.29, 1.82) is 0 Å². The molecule has 0 saturated carbocycles. The van der Waals surface area contributed by atoms with E-state index in [4.69, 9.17) is 0 Å². The highest BCUT2D eigenvalue weighted by Gasteiger charge is 2.30. The number of unbranched alkanes of at least 4 members (excludes halogenated alkanes) is 29. The summed E-state index contributed by atoms with van der Waals surface area (Å²) in [5.41, 5.74) is 26.3. The number of hydrogen-bond donors (Lipinski definition) is 0. The lowest BCUT2D eigenvalue weighted by Gasteiger charge is -2.19. The Morgan fingerprint density at radius 3 is 1.08 bits per heavy atom. The summed E-state index contributed by atoms with van der Waals surface area (Å²) >= 11 is 0. The molecule has 1 heterocycles. The Morgan fingerprint density at radius 2 is 0.710 bits per heavy atom. The molecule has 0 fully saturated rings. The minimum Gasteiger partial charge on any atom is -0.493 e. The molecule has 350 valence electrons. The summed E-state index contributed by atoms with van der Waals surface area (Å²) in [5, 5.41) is 0. The third-order valence-corrected chi connectivity index (χ3v) is 14.4. The molecular weight excluding hydrogens is 749 g/mol. The lowest BCUT2D eigenvalue weighted by Crippen LogP contribution is -2.08. The van der Waals surface area contributed by atoms with Crippen LogP contribution in [0.1, 0.15) is 291 Å². The second-order valence-corrected chi connectivity index (χ2v) is 20.0. The van der Waals surface area contributed by atoms with Crippen molar-refractivity contribution >= 4 is 11.4 Å². The maximum Gasteiger partial charge on any atom is 0.210 e. The third-order valence-electron chi connectivity index (χ3n) is 14.4. The first-order chi connectivity index (χ1) is 30.4. The van der Waals surface area contributed by atoms with E-state index < -0.39 is 0 Å². The maximum atomic E-state index is 12.1. The Kier molecular flexibility index (Phi) is 29.5. The van der Waals surface area contributed by atoms with Crippen molar-refractivity contribution in [3.8, 4) is 0 Å². The number of allylic oxidation sites excluding steroid dienone is 2. The molecule has 1 aliphatic heterocycles. The smallest absolute Gasteiger partial charge is 0.210 e. The summed E-state index contributed by atoms with van der Waals surface area (Å²) in [6.45, 7) is 15.9. The van der Waals surface area contributed by atoms with Crippen LogP contribution in [0.4, 0.5) is 0 Å². The van der Waals surface area contributed by atoms with Gasteiger partial charge in [-0.25, -0.2) is 4.70 Å². The first-order valence-corrected chi connectivity index (χ1v) is 27.5. The molecule has 62 heavy (non-hydrogen) atoms. The van der Waals surface area contributed by atoms with Gasteiger partial charge < -0.3 is 5.53 Å². The zero-order valence-corrected chi connectivity index (χ0v) is 42.4. The van der Waals surface area contributed by atoms with Gasteiger partial charge in [0.05, 0.1) is 0 Å². The standard InChI is InChI=1S/C60H100N2/c1-8-12-16-17-18-19-20-21-22-23-24-25-26-27-28-29-30-31-32-33-34-35-36-37-38-39-40-43-55-49-59(56-45-50(5)52(7)51(6)46-56)62(61)60(55)57-47-53(41-13-9-2)58(44-15-11-4)54(48-57)42-14-10-3/h45-49H,8-44H2,1-7H3. The second kappa shape index (κ2) is 33.9. The third kappa shape index (κ3) is 20.6. The van der Waals surface area contributed by atoms with Crippen molar-refractivity contribution in [2.45, 2.75) is 286 Å². The van der Waals surface area contributed by atoms with Crippen LogP contribution < -0.4 is 0 Å². The van der Waals surface area contributed by atoms with E-state index in [-0.39, 0.29) is 0 Å². The van der Waals surface area contributed by atoms with Gasteiger partial charge >= 0.3 is 0 Å². The quantitative estimate of drug-likeness (QED) is 0.0473. The van der Waals surface area contributed by atoms with Crippen molar-refractivity contribution in [2.75, 3.05) is 0 Å². The van der Waals surface area contributed by atoms with Crippen molar-refractivity contribution in [3.05, 3.63) is 86.0 Å². The van der Waals surface area contributed by atoms with Gasteiger partial charge in [0.25, 0.3) is 0 Å². The summed E-state index contributed by atoms with van der Waals surface area (Å²) in [7, 11) is 0. The topological polar surface area (TPSA) is 25.3 Å². The van der Waals surface area contributed by atoms with Crippen LogP contribution in [0.5, 0.6) is 0 Å². The number of nitrogens with zero attached hydrogens (tertiary/aromatic N) is 2. The van der Waals surface area contributed by atoms with Crippen molar-refractivity contribution in [1.82, 2.24) is 0 Å². The molecule has 3 rings (SSSR count). The van der Waals surface area contributed by atoms with E-state index in [1.54, 1.807) is 10.3 Å². The largest absolute Gasteiger partial charge is 0.493 e. The minimum atomic E-state index is 0.937. The first kappa shape index (κ1) is 53.9.